The van der Waals surface area contributed by atoms with E-state index in [0.717, 1.165) is 6.26 Å². The first-order valence-electron chi connectivity index (χ1n) is 6.88. The number of hydrogen-bond acceptors (Lipinski definition) is 8. The standard InChI is InChI=1S/C12H16N5O5PS/c1-12(4-21-23(19,20)24)7(3-18)2-8(22-12)17-6-16-9-10(13)14-5-15-11(9)17/h3,5-6,8,18H,2,4H2,1H3,(H2,13,14,15)(H2,19,20,24)/b7-3+/t8-,12-/m1/s1. The van der Waals surface area contributed by atoms with Gasteiger partial charge in [0, 0.05) is 12.0 Å². The molecular weight excluding hydrogens is 357 g/mol. The SMILES string of the molecule is C[C@]1(COP(O)(O)=S)O[C@@H](n2cnc3c(N)ncnc32)C/C1=C\O. The van der Waals surface area contributed by atoms with E-state index in [1.807, 2.05) is 0 Å². The minimum atomic E-state index is -3.84. The van der Waals surface area contributed by atoms with Crippen molar-refractivity contribution < 1.29 is 24.2 Å². The van der Waals surface area contributed by atoms with Gasteiger partial charge >= 0.3 is 6.72 Å². The van der Waals surface area contributed by atoms with Crippen molar-refractivity contribution in [2.75, 3.05) is 12.3 Å². The maximum atomic E-state index is 9.49. The maximum Gasteiger partial charge on any atom is 0.321 e. The highest BCUT2D eigenvalue weighted by molar-refractivity contribution is 8.06. The van der Waals surface area contributed by atoms with Crippen LogP contribution in [0.15, 0.2) is 24.5 Å². The van der Waals surface area contributed by atoms with Crippen molar-refractivity contribution in [1.82, 2.24) is 19.5 Å². The fraction of sp³-hybridized carbons (Fsp3) is 0.417. The molecule has 2 aromatic heterocycles. The second-order valence-corrected chi connectivity index (χ2v) is 8.18. The monoisotopic (exact) mass is 373 g/mol. The van der Waals surface area contributed by atoms with E-state index in [0.29, 0.717) is 23.2 Å². The van der Waals surface area contributed by atoms with E-state index in [4.69, 9.17) is 15.0 Å². The summed E-state index contributed by atoms with van der Waals surface area (Å²) in [6.45, 7) is -2.40. The van der Waals surface area contributed by atoms with Crippen molar-refractivity contribution >= 4 is 35.5 Å². The van der Waals surface area contributed by atoms with Crippen LogP contribution >= 0.6 is 6.72 Å². The number of anilines is 1. The van der Waals surface area contributed by atoms with Crippen LogP contribution in [0, 0.1) is 0 Å². The van der Waals surface area contributed by atoms with Crippen LogP contribution in [0.25, 0.3) is 11.2 Å². The molecule has 1 saturated heterocycles. The first-order valence-corrected chi connectivity index (χ1v) is 9.51. The fourth-order valence-electron chi connectivity index (χ4n) is 2.58. The summed E-state index contributed by atoms with van der Waals surface area (Å²) in [7, 11) is 0. The highest BCUT2D eigenvalue weighted by Gasteiger charge is 2.43. The van der Waals surface area contributed by atoms with E-state index < -0.39 is 18.5 Å². The molecule has 2 aromatic rings. The third-order valence-electron chi connectivity index (χ3n) is 3.83. The molecule has 3 heterocycles. The lowest BCUT2D eigenvalue weighted by atomic mass is 9.98. The Morgan fingerprint density at radius 1 is 1.54 bits per heavy atom. The molecule has 1 aliphatic rings. The number of aliphatic hydroxyl groups is 1. The molecule has 0 bridgehead atoms. The van der Waals surface area contributed by atoms with Gasteiger partial charge in [-0.25, -0.2) is 15.0 Å². The number of aliphatic hydroxyl groups excluding tert-OH is 1. The van der Waals surface area contributed by atoms with Gasteiger partial charge in [-0.3, -0.25) is 4.57 Å². The van der Waals surface area contributed by atoms with Gasteiger partial charge in [-0.15, -0.1) is 0 Å². The number of nitrogens with zero attached hydrogens (tertiary/aromatic N) is 4. The Balaban J connectivity index is 1.91. The molecule has 0 unspecified atom stereocenters. The van der Waals surface area contributed by atoms with Gasteiger partial charge < -0.3 is 29.9 Å². The van der Waals surface area contributed by atoms with Gasteiger partial charge in [-0.2, -0.15) is 0 Å². The summed E-state index contributed by atoms with van der Waals surface area (Å²) in [6, 6.07) is 0. The molecule has 10 nitrogen and oxygen atoms in total. The van der Waals surface area contributed by atoms with Crippen molar-refractivity contribution in [3.05, 3.63) is 24.5 Å². The molecule has 5 N–H and O–H groups in total. The number of imidazole rings is 1. The molecule has 1 fully saturated rings. The van der Waals surface area contributed by atoms with E-state index in [-0.39, 0.29) is 12.4 Å². The summed E-state index contributed by atoms with van der Waals surface area (Å²) in [5.41, 5.74) is 6.14. The number of rotatable bonds is 4. The third kappa shape index (κ3) is 3.14. The van der Waals surface area contributed by atoms with E-state index >= 15 is 0 Å². The molecule has 24 heavy (non-hydrogen) atoms. The van der Waals surface area contributed by atoms with Crippen LogP contribution in [0.2, 0.25) is 0 Å². The molecule has 130 valence electrons. The smallest absolute Gasteiger partial charge is 0.321 e. The van der Waals surface area contributed by atoms with Crippen LogP contribution in [0.4, 0.5) is 5.82 Å². The second-order valence-electron chi connectivity index (χ2n) is 5.51. The van der Waals surface area contributed by atoms with Crippen LogP contribution in [-0.4, -0.2) is 46.6 Å². The Morgan fingerprint density at radius 2 is 2.29 bits per heavy atom. The van der Waals surface area contributed by atoms with Gasteiger partial charge in [0.05, 0.1) is 19.2 Å². The van der Waals surface area contributed by atoms with Gasteiger partial charge in [0.2, 0.25) is 0 Å². The van der Waals surface area contributed by atoms with Crippen molar-refractivity contribution in [3.8, 4) is 0 Å². The summed E-state index contributed by atoms with van der Waals surface area (Å²) in [6.07, 6.45) is 3.55. The highest BCUT2D eigenvalue weighted by atomic mass is 32.5. The van der Waals surface area contributed by atoms with Gasteiger partial charge in [-0.05, 0) is 18.7 Å². The molecule has 3 rings (SSSR count). The largest absolute Gasteiger partial charge is 0.516 e. The molecule has 0 aliphatic carbocycles. The predicted molar refractivity (Wildman–Crippen MR) is 88.3 cm³/mol. The zero-order valence-corrected chi connectivity index (χ0v) is 14.3. The van der Waals surface area contributed by atoms with Gasteiger partial charge in [-0.1, -0.05) is 0 Å². The lowest BCUT2D eigenvalue weighted by Crippen LogP contribution is -2.32. The van der Waals surface area contributed by atoms with Crippen LogP contribution in [0.1, 0.15) is 19.6 Å². The Bertz CT molecular complexity index is 851. The molecule has 0 aromatic carbocycles. The molecule has 0 saturated carbocycles. The Labute approximate surface area is 141 Å². The zero-order valence-electron chi connectivity index (χ0n) is 12.6. The van der Waals surface area contributed by atoms with E-state index in [9.17, 15) is 14.9 Å². The maximum absolute atomic E-state index is 9.49. The van der Waals surface area contributed by atoms with Gasteiger partial charge in [0.25, 0.3) is 0 Å². The lowest BCUT2D eigenvalue weighted by molar-refractivity contribution is -0.0719. The molecule has 12 heteroatoms. The normalized spacial score (nSPS) is 26.5. The fourth-order valence-corrected chi connectivity index (χ4v) is 3.15. The topological polar surface area (TPSA) is 149 Å². The molecule has 0 radical (unpaired) electrons. The van der Waals surface area contributed by atoms with Crippen LogP contribution in [0.5, 0.6) is 0 Å². The minimum Gasteiger partial charge on any atom is -0.516 e. The Kier molecular flexibility index (Phi) is 4.32. The molecule has 1 aliphatic heterocycles. The van der Waals surface area contributed by atoms with Crippen LogP contribution in [0.3, 0.4) is 0 Å². The quantitative estimate of drug-likeness (QED) is 0.447. The van der Waals surface area contributed by atoms with Crippen molar-refractivity contribution in [2.45, 2.75) is 25.2 Å². The first kappa shape index (κ1) is 17.2. The van der Waals surface area contributed by atoms with Crippen molar-refractivity contribution in [2.24, 2.45) is 0 Å². The van der Waals surface area contributed by atoms with Gasteiger partial charge in [0.1, 0.15) is 23.7 Å². The number of ether oxygens (including phenoxy) is 1. The third-order valence-corrected chi connectivity index (χ3v) is 4.61. The summed E-state index contributed by atoms with van der Waals surface area (Å²) < 4.78 is 12.5. The number of hydrogen-bond donors (Lipinski definition) is 4. The minimum absolute atomic E-state index is 0.218. The zero-order chi connectivity index (χ0) is 17.5. The molecule has 2 atom stereocenters. The van der Waals surface area contributed by atoms with Crippen molar-refractivity contribution in [1.29, 1.82) is 0 Å². The predicted octanol–water partition coefficient (Wildman–Crippen LogP) is 0.754. The first-order chi connectivity index (χ1) is 11.2. The summed E-state index contributed by atoms with van der Waals surface area (Å²) in [4.78, 5) is 30.7. The number of nitrogens with two attached hydrogens (primary N) is 1. The van der Waals surface area contributed by atoms with Crippen LogP contribution < -0.4 is 5.73 Å². The average molecular weight is 373 g/mol. The van der Waals surface area contributed by atoms with Crippen molar-refractivity contribution in [3.63, 3.8) is 0 Å². The lowest BCUT2D eigenvalue weighted by Gasteiger charge is -2.26. The number of fused-ring (bicyclic) bond motifs is 1. The summed E-state index contributed by atoms with van der Waals surface area (Å²) in [5, 5.41) is 9.49. The van der Waals surface area contributed by atoms with E-state index in [2.05, 4.69) is 26.8 Å². The highest BCUT2D eigenvalue weighted by Crippen LogP contribution is 2.45. The summed E-state index contributed by atoms with van der Waals surface area (Å²) >= 11 is 4.45. The number of aromatic nitrogens is 4. The summed E-state index contributed by atoms with van der Waals surface area (Å²) in [5.74, 6) is 0.252. The van der Waals surface area contributed by atoms with E-state index in [1.54, 1.807) is 11.5 Å². The molecule has 0 amide bonds. The second kappa shape index (κ2) is 6.03. The molecule has 0 spiro atoms. The average Bonchev–Trinajstić information content (AvgIpc) is 3.07. The Hall–Kier alpha value is -1.62. The van der Waals surface area contributed by atoms with Gasteiger partial charge in [0.15, 0.2) is 11.5 Å². The Morgan fingerprint density at radius 3 is 2.96 bits per heavy atom. The van der Waals surface area contributed by atoms with E-state index in [1.165, 1.54) is 12.7 Å². The molecular formula is C12H16N5O5PS. The number of nitrogen functional groups attached to an aromatic ring is 1. The van der Waals surface area contributed by atoms with Crippen LogP contribution in [-0.2, 0) is 21.1 Å².